The van der Waals surface area contributed by atoms with Crippen LogP contribution < -0.4 is 10.1 Å². The Bertz CT molecular complexity index is 2250. The van der Waals surface area contributed by atoms with Crippen molar-refractivity contribution >= 4 is 23.4 Å². The number of urea groups is 1. The van der Waals surface area contributed by atoms with Crippen molar-refractivity contribution < 1.29 is 55.3 Å². The molecular formula is C46H49ClF6N2O6. The Morgan fingerprint density at radius 3 is 2.38 bits per heavy atom. The molecule has 15 heteroatoms. The molecule has 4 unspecified atom stereocenters. The van der Waals surface area contributed by atoms with Crippen LogP contribution in [0.2, 0.25) is 5.02 Å². The van der Waals surface area contributed by atoms with Crippen molar-refractivity contribution in [3.8, 4) is 17.1 Å². The summed E-state index contributed by atoms with van der Waals surface area (Å²) in [6.07, 6.45) is -5.30. The van der Waals surface area contributed by atoms with Crippen LogP contribution in [0.25, 0.3) is 11.3 Å². The Morgan fingerprint density at radius 1 is 0.984 bits per heavy atom. The number of nitrogens with zero attached hydrogens (tertiary/aromatic N) is 1. The van der Waals surface area contributed by atoms with Gasteiger partial charge in [0.2, 0.25) is 5.78 Å². The number of carbonyl (C=O) groups is 2. The molecule has 7 rings (SSSR count). The van der Waals surface area contributed by atoms with Gasteiger partial charge in [0, 0.05) is 29.1 Å². The maximum atomic E-state index is 14.6. The fourth-order valence-corrected chi connectivity index (χ4v) is 8.91. The Hall–Kier alpha value is -4.79. The third-order valence-corrected chi connectivity index (χ3v) is 12.3. The summed E-state index contributed by atoms with van der Waals surface area (Å²) in [7, 11) is 0. The lowest BCUT2D eigenvalue weighted by Crippen LogP contribution is -2.55. The van der Waals surface area contributed by atoms with E-state index in [0.717, 1.165) is 35.9 Å². The summed E-state index contributed by atoms with van der Waals surface area (Å²) >= 11 is 6.31. The van der Waals surface area contributed by atoms with E-state index in [0.29, 0.717) is 48.8 Å². The highest BCUT2D eigenvalue weighted by molar-refractivity contribution is 6.33. The van der Waals surface area contributed by atoms with E-state index >= 15 is 0 Å². The molecule has 1 aromatic heterocycles. The van der Waals surface area contributed by atoms with Crippen LogP contribution in [0.4, 0.5) is 31.1 Å². The topological polar surface area (TPSA) is 112 Å². The van der Waals surface area contributed by atoms with Crippen molar-refractivity contribution in [2.24, 2.45) is 5.41 Å². The highest BCUT2D eigenvalue weighted by Crippen LogP contribution is 2.59. The monoisotopic (exact) mass is 874 g/mol. The van der Waals surface area contributed by atoms with Gasteiger partial charge in [0.15, 0.2) is 5.76 Å². The van der Waals surface area contributed by atoms with Gasteiger partial charge in [-0.05, 0) is 137 Å². The first-order valence-corrected chi connectivity index (χ1v) is 20.5. The van der Waals surface area contributed by atoms with Gasteiger partial charge in [-0.2, -0.15) is 13.2 Å². The van der Waals surface area contributed by atoms with Crippen LogP contribution in [-0.2, 0) is 19.1 Å². The van der Waals surface area contributed by atoms with E-state index in [2.05, 4.69) is 16.1 Å². The minimum absolute atomic E-state index is 0.00615. The van der Waals surface area contributed by atoms with Crippen molar-refractivity contribution in [1.82, 2.24) is 10.2 Å². The van der Waals surface area contributed by atoms with E-state index < -0.39 is 58.7 Å². The minimum atomic E-state index is -4.88. The van der Waals surface area contributed by atoms with Gasteiger partial charge < -0.3 is 29.6 Å². The number of hydrogen-bond donors (Lipinski definition) is 3. The molecule has 328 valence electrons. The van der Waals surface area contributed by atoms with E-state index in [1.54, 1.807) is 19.9 Å². The summed E-state index contributed by atoms with van der Waals surface area (Å²) < 4.78 is 89.5. The third-order valence-electron chi connectivity index (χ3n) is 12.0. The number of benzene rings is 3. The van der Waals surface area contributed by atoms with Gasteiger partial charge in [0.05, 0.1) is 28.8 Å². The highest BCUT2D eigenvalue weighted by atomic mass is 35.5. The number of carbonyl (C=O) groups excluding carboxylic acids is 2. The van der Waals surface area contributed by atoms with Crippen LogP contribution in [0.1, 0.15) is 111 Å². The first kappa shape index (κ1) is 45.7. The quantitative estimate of drug-likeness (QED) is 0.0877. The summed E-state index contributed by atoms with van der Waals surface area (Å²) in [6, 6.07) is 15.3. The van der Waals surface area contributed by atoms with Crippen LogP contribution in [0.3, 0.4) is 0 Å². The molecule has 8 nitrogen and oxygen atoms in total. The van der Waals surface area contributed by atoms with Gasteiger partial charge in [-0.3, -0.25) is 4.79 Å². The van der Waals surface area contributed by atoms with Gasteiger partial charge in [-0.25, -0.2) is 4.79 Å². The van der Waals surface area contributed by atoms with Gasteiger partial charge in [0.25, 0.3) is 0 Å². The van der Waals surface area contributed by atoms with E-state index in [1.807, 2.05) is 26.0 Å². The lowest BCUT2D eigenvalue weighted by atomic mass is 9.64. The Labute approximate surface area is 355 Å². The zero-order valence-corrected chi connectivity index (χ0v) is 35.0. The molecular weight excluding hydrogens is 826 g/mol. The van der Waals surface area contributed by atoms with Crippen LogP contribution in [-0.4, -0.2) is 57.6 Å². The summed E-state index contributed by atoms with van der Waals surface area (Å²) in [4.78, 5) is 29.9. The van der Waals surface area contributed by atoms with E-state index in [4.69, 9.17) is 16.0 Å². The summed E-state index contributed by atoms with van der Waals surface area (Å²) in [6.45, 7) is 7.28. The van der Waals surface area contributed by atoms with E-state index in [9.17, 15) is 46.1 Å². The van der Waals surface area contributed by atoms with Crippen molar-refractivity contribution in [2.45, 2.75) is 115 Å². The predicted molar refractivity (Wildman–Crippen MR) is 218 cm³/mol. The van der Waals surface area contributed by atoms with Crippen LogP contribution in [0.5, 0.6) is 5.75 Å². The molecule has 4 atom stereocenters. The fraction of sp³-hybridized carbons (Fsp3) is 0.435. The zero-order chi connectivity index (χ0) is 44.5. The number of aliphatic hydroxyl groups is 2. The molecule has 1 fully saturated rings. The molecule has 0 radical (unpaired) electrons. The molecule has 3 aromatic carbocycles. The smallest absolute Gasteiger partial charge is 0.453 e. The molecule has 2 amide bonds. The molecule has 0 saturated heterocycles. The number of alkyl halides is 6. The second-order valence-electron chi connectivity index (χ2n) is 16.8. The Morgan fingerprint density at radius 2 is 1.70 bits per heavy atom. The van der Waals surface area contributed by atoms with E-state index in [-0.39, 0.29) is 59.6 Å². The number of halogens is 7. The van der Waals surface area contributed by atoms with Gasteiger partial charge in [-0.1, -0.05) is 54.4 Å². The van der Waals surface area contributed by atoms with Gasteiger partial charge in [0.1, 0.15) is 11.5 Å². The molecule has 3 N–H and O–H groups in total. The molecule has 61 heavy (non-hydrogen) atoms. The molecule has 1 saturated carbocycles. The normalized spacial score (nSPS) is 22.4. The first-order valence-electron chi connectivity index (χ1n) is 20.2. The number of hydrogen-bond acceptors (Lipinski definition) is 6. The van der Waals surface area contributed by atoms with Crippen molar-refractivity contribution in [2.75, 3.05) is 6.54 Å². The number of nitrogens with one attached hydrogen (secondary N) is 1. The zero-order valence-electron chi connectivity index (χ0n) is 34.2. The standard InChI is InChI=1S/C46H49ClF6N2O6/c1-27(2)54-42(58)55(25-29-8-13-33(14-9-29)61-46(51,52)53)26-44(59)21-19-37-34-15-10-30(22-32(56)12-7-28(3)6-5-20-43(37,44)4)23-35(34)41(57)40-18-17-39(60-40)36-24-31(45(48,49)50)11-16-38(36)47/h6,8-11,13-18,23-24,27,32,37,56,59H,5,7,12,19-22,25-26H2,1-4H3,(H,54,58). The number of amides is 2. The van der Waals surface area contributed by atoms with Crippen LogP contribution in [0.15, 0.2) is 88.9 Å². The van der Waals surface area contributed by atoms with Crippen molar-refractivity contribution in [3.05, 3.63) is 123 Å². The average Bonchev–Trinajstić information content (AvgIpc) is 3.75. The highest BCUT2D eigenvalue weighted by Gasteiger charge is 2.58. The molecule has 0 aliphatic heterocycles. The van der Waals surface area contributed by atoms with Crippen molar-refractivity contribution in [3.63, 3.8) is 0 Å². The molecule has 1 heterocycles. The second kappa shape index (κ2) is 17.9. The maximum Gasteiger partial charge on any atom is 0.573 e. The number of ketones is 1. The molecule has 2 bridgehead atoms. The van der Waals surface area contributed by atoms with Crippen molar-refractivity contribution in [1.29, 1.82) is 0 Å². The number of fused-ring (bicyclic) bond motifs is 8. The maximum absolute atomic E-state index is 14.6. The Kier molecular flexibility index (Phi) is 13.4. The number of allylic oxidation sites excluding steroid dienone is 2. The molecule has 0 spiro atoms. The number of rotatable bonds is 9. The summed E-state index contributed by atoms with van der Waals surface area (Å²) in [5, 5.41) is 26.9. The van der Waals surface area contributed by atoms with Crippen LogP contribution in [0, 0.1) is 5.41 Å². The minimum Gasteiger partial charge on any atom is -0.453 e. The summed E-state index contributed by atoms with van der Waals surface area (Å²) in [5.41, 5.74) is -0.455. The first-order chi connectivity index (χ1) is 28.5. The summed E-state index contributed by atoms with van der Waals surface area (Å²) in [5.74, 6) is -1.64. The largest absolute Gasteiger partial charge is 0.573 e. The molecule has 3 aliphatic carbocycles. The van der Waals surface area contributed by atoms with E-state index in [1.165, 1.54) is 29.2 Å². The molecule has 4 aromatic rings. The second-order valence-corrected chi connectivity index (χ2v) is 17.2. The lowest BCUT2D eigenvalue weighted by molar-refractivity contribution is -0.274. The van der Waals surface area contributed by atoms with Gasteiger partial charge >= 0.3 is 18.6 Å². The fourth-order valence-electron chi connectivity index (χ4n) is 8.69. The Balaban J connectivity index is 1.40. The number of ether oxygens (including phenoxy) is 1. The SMILES string of the molecule is CC1=CCCC2(C)C(CCC2(O)CN(Cc2ccc(OC(F)(F)F)cc2)C(=O)NC(C)C)c2ccc(cc2C(=O)c2ccc(-c3cc(C(F)(F)F)ccc3Cl)o2)CC(O)CC1. The molecule has 3 aliphatic rings. The number of furan rings is 1. The lowest BCUT2D eigenvalue weighted by Gasteiger charge is -2.46. The van der Waals surface area contributed by atoms with Crippen LogP contribution >= 0.6 is 11.6 Å². The van der Waals surface area contributed by atoms with Gasteiger partial charge in [-0.15, -0.1) is 13.2 Å². The third kappa shape index (κ3) is 10.6. The predicted octanol–water partition coefficient (Wildman–Crippen LogP) is 11.4. The number of aliphatic hydroxyl groups excluding tert-OH is 1. The average molecular weight is 875 g/mol.